The second-order valence-corrected chi connectivity index (χ2v) is 8.03. The van der Waals surface area contributed by atoms with Crippen molar-refractivity contribution in [2.75, 3.05) is 38.7 Å². The Morgan fingerprint density at radius 2 is 1.93 bits per heavy atom. The number of ether oxygens (including phenoxy) is 1. The topological polar surface area (TPSA) is 45.7 Å². The van der Waals surface area contributed by atoms with Crippen molar-refractivity contribution in [3.05, 3.63) is 52.5 Å². The first kappa shape index (κ1) is 19.9. The van der Waals surface area contributed by atoms with Crippen LogP contribution in [0.5, 0.6) is 5.75 Å². The van der Waals surface area contributed by atoms with Crippen molar-refractivity contribution in [1.82, 2.24) is 9.88 Å². The predicted molar refractivity (Wildman–Crippen MR) is 112 cm³/mol. The Hall–Kier alpha value is -1.86. The highest BCUT2D eigenvalue weighted by Crippen LogP contribution is 2.30. The second kappa shape index (κ2) is 8.89. The number of carbonyl (C=O) groups is 1. The maximum atomic E-state index is 12.9. The third kappa shape index (κ3) is 5.11. The van der Waals surface area contributed by atoms with Crippen molar-refractivity contribution in [3.8, 4) is 5.75 Å². The molecule has 0 unspecified atom stereocenters. The lowest BCUT2D eigenvalue weighted by Crippen LogP contribution is -2.39. The first-order chi connectivity index (χ1) is 12.9. The zero-order valence-corrected chi connectivity index (χ0v) is 17.3. The molecule has 0 aliphatic carbocycles. The fourth-order valence-corrected chi connectivity index (χ4v) is 3.88. The van der Waals surface area contributed by atoms with E-state index in [2.05, 4.69) is 4.98 Å². The smallest absolute Gasteiger partial charge is 0.266 e. The van der Waals surface area contributed by atoms with Crippen LogP contribution >= 0.6 is 34.5 Å². The van der Waals surface area contributed by atoms with E-state index in [9.17, 15) is 4.79 Å². The number of likely N-dealkylation sites (N-methyl/N-ethyl adjacent to an activating group) is 1. The third-order valence-corrected chi connectivity index (χ3v) is 5.42. The SMILES string of the molecule is CN(C)CCN(C(=O)COc1ccc(Cl)cc1Cl)c1nc2ccccc2s1. The van der Waals surface area contributed by atoms with E-state index in [0.29, 0.717) is 34.0 Å². The summed E-state index contributed by atoms with van der Waals surface area (Å²) >= 11 is 13.5. The molecule has 0 saturated heterocycles. The molecule has 27 heavy (non-hydrogen) atoms. The van der Waals surface area contributed by atoms with Crippen LogP contribution in [-0.4, -0.2) is 49.6 Å². The second-order valence-electron chi connectivity index (χ2n) is 6.18. The molecular formula is C19H19Cl2N3O2S. The Kier molecular flexibility index (Phi) is 6.55. The number of carbonyl (C=O) groups excluding carboxylic acids is 1. The van der Waals surface area contributed by atoms with E-state index >= 15 is 0 Å². The number of benzene rings is 2. The fraction of sp³-hybridized carbons (Fsp3) is 0.263. The van der Waals surface area contributed by atoms with E-state index in [1.165, 1.54) is 11.3 Å². The van der Waals surface area contributed by atoms with E-state index in [-0.39, 0.29) is 12.5 Å². The monoisotopic (exact) mass is 423 g/mol. The van der Waals surface area contributed by atoms with Gasteiger partial charge >= 0.3 is 0 Å². The molecule has 0 atom stereocenters. The minimum Gasteiger partial charge on any atom is -0.482 e. The Morgan fingerprint density at radius 3 is 2.63 bits per heavy atom. The lowest BCUT2D eigenvalue weighted by molar-refractivity contribution is -0.120. The number of hydrogen-bond acceptors (Lipinski definition) is 5. The fourth-order valence-electron chi connectivity index (χ4n) is 2.41. The standard InChI is InChI=1S/C19H19Cl2N3O2S/c1-23(2)9-10-24(19-22-15-5-3-4-6-17(15)27-19)18(25)12-26-16-8-7-13(20)11-14(16)21/h3-8,11H,9-10,12H2,1-2H3. The maximum Gasteiger partial charge on any atom is 0.266 e. The normalized spacial score (nSPS) is 11.1. The molecule has 1 heterocycles. The Morgan fingerprint density at radius 1 is 1.15 bits per heavy atom. The van der Waals surface area contributed by atoms with Gasteiger partial charge in [-0.05, 0) is 44.4 Å². The number of halogens is 2. The van der Waals surface area contributed by atoms with Gasteiger partial charge in [-0.1, -0.05) is 46.7 Å². The summed E-state index contributed by atoms with van der Waals surface area (Å²) in [6.07, 6.45) is 0. The molecule has 0 bridgehead atoms. The first-order valence-corrected chi connectivity index (χ1v) is 9.90. The van der Waals surface area contributed by atoms with Gasteiger partial charge in [-0.3, -0.25) is 9.69 Å². The summed E-state index contributed by atoms with van der Waals surface area (Å²) in [5.41, 5.74) is 0.877. The molecule has 0 radical (unpaired) electrons. The molecule has 0 spiro atoms. The van der Waals surface area contributed by atoms with Crippen LogP contribution in [0, 0.1) is 0 Å². The first-order valence-electron chi connectivity index (χ1n) is 8.32. The summed E-state index contributed by atoms with van der Waals surface area (Å²) in [6.45, 7) is 1.09. The number of aromatic nitrogens is 1. The zero-order valence-electron chi connectivity index (χ0n) is 15.0. The quantitative estimate of drug-likeness (QED) is 0.557. The van der Waals surface area contributed by atoms with Gasteiger partial charge in [0, 0.05) is 18.1 Å². The predicted octanol–water partition coefficient (Wildman–Crippen LogP) is 4.58. The summed E-state index contributed by atoms with van der Waals surface area (Å²) in [5, 5.41) is 1.55. The molecule has 0 aliphatic heterocycles. The highest BCUT2D eigenvalue weighted by atomic mass is 35.5. The number of para-hydroxylation sites is 1. The highest BCUT2D eigenvalue weighted by molar-refractivity contribution is 7.22. The van der Waals surface area contributed by atoms with Crippen molar-refractivity contribution >= 4 is 55.8 Å². The largest absolute Gasteiger partial charge is 0.482 e. The Bertz CT molecular complexity index is 913. The molecular weight excluding hydrogens is 405 g/mol. The molecule has 142 valence electrons. The van der Waals surface area contributed by atoms with Crippen LogP contribution in [0.2, 0.25) is 10.0 Å². The van der Waals surface area contributed by atoms with E-state index < -0.39 is 0 Å². The molecule has 3 rings (SSSR count). The van der Waals surface area contributed by atoms with E-state index in [0.717, 1.165) is 10.2 Å². The summed E-state index contributed by atoms with van der Waals surface area (Å²) in [7, 11) is 3.93. The van der Waals surface area contributed by atoms with Crippen molar-refractivity contribution in [3.63, 3.8) is 0 Å². The number of rotatable bonds is 7. The molecule has 8 heteroatoms. The van der Waals surface area contributed by atoms with Crippen LogP contribution in [0.25, 0.3) is 10.2 Å². The zero-order chi connectivity index (χ0) is 19.4. The Labute approximate surface area is 172 Å². The third-order valence-electron chi connectivity index (χ3n) is 3.83. The number of amides is 1. The summed E-state index contributed by atoms with van der Waals surface area (Å²) < 4.78 is 6.66. The average molecular weight is 424 g/mol. The number of hydrogen-bond donors (Lipinski definition) is 0. The summed E-state index contributed by atoms with van der Waals surface area (Å²) in [6, 6.07) is 12.7. The molecule has 0 fully saturated rings. The minimum absolute atomic E-state index is 0.134. The van der Waals surface area contributed by atoms with E-state index in [1.54, 1.807) is 23.1 Å². The van der Waals surface area contributed by atoms with Gasteiger partial charge in [0.15, 0.2) is 11.7 Å². The van der Waals surface area contributed by atoms with E-state index in [1.807, 2.05) is 43.3 Å². The van der Waals surface area contributed by atoms with Crippen molar-refractivity contribution in [1.29, 1.82) is 0 Å². The molecule has 2 aromatic carbocycles. The van der Waals surface area contributed by atoms with Crippen LogP contribution in [0.3, 0.4) is 0 Å². The lowest BCUT2D eigenvalue weighted by Gasteiger charge is -2.22. The Balaban J connectivity index is 1.78. The van der Waals surface area contributed by atoms with Gasteiger partial charge < -0.3 is 9.64 Å². The number of fused-ring (bicyclic) bond motifs is 1. The van der Waals surface area contributed by atoms with Gasteiger partial charge in [-0.15, -0.1) is 0 Å². The molecule has 5 nitrogen and oxygen atoms in total. The molecule has 0 N–H and O–H groups in total. The van der Waals surface area contributed by atoms with Gasteiger partial charge in [-0.25, -0.2) is 4.98 Å². The van der Waals surface area contributed by atoms with Crippen LogP contribution < -0.4 is 9.64 Å². The summed E-state index contributed by atoms with van der Waals surface area (Å²) in [5.74, 6) is 0.244. The van der Waals surface area contributed by atoms with Crippen LogP contribution in [0.15, 0.2) is 42.5 Å². The number of anilines is 1. The van der Waals surface area contributed by atoms with Crippen LogP contribution in [0.4, 0.5) is 5.13 Å². The molecule has 3 aromatic rings. The highest BCUT2D eigenvalue weighted by Gasteiger charge is 2.20. The molecule has 0 aliphatic rings. The summed E-state index contributed by atoms with van der Waals surface area (Å²) in [4.78, 5) is 21.1. The number of thiazole rings is 1. The van der Waals surface area contributed by atoms with Crippen LogP contribution in [0.1, 0.15) is 0 Å². The van der Waals surface area contributed by atoms with Crippen LogP contribution in [-0.2, 0) is 4.79 Å². The molecule has 0 saturated carbocycles. The van der Waals surface area contributed by atoms with Gasteiger partial charge in [0.05, 0.1) is 15.2 Å². The van der Waals surface area contributed by atoms with Gasteiger partial charge in [0.1, 0.15) is 5.75 Å². The van der Waals surface area contributed by atoms with Crippen molar-refractivity contribution in [2.45, 2.75) is 0 Å². The van der Waals surface area contributed by atoms with E-state index in [4.69, 9.17) is 27.9 Å². The van der Waals surface area contributed by atoms with Gasteiger partial charge in [0.2, 0.25) is 0 Å². The lowest BCUT2D eigenvalue weighted by atomic mass is 10.3. The van der Waals surface area contributed by atoms with Crippen molar-refractivity contribution in [2.24, 2.45) is 0 Å². The van der Waals surface area contributed by atoms with Gasteiger partial charge in [-0.2, -0.15) is 0 Å². The average Bonchev–Trinajstić information content (AvgIpc) is 3.04. The van der Waals surface area contributed by atoms with Gasteiger partial charge in [0.25, 0.3) is 5.91 Å². The minimum atomic E-state index is -0.179. The molecule has 1 aromatic heterocycles. The maximum absolute atomic E-state index is 12.9. The number of nitrogens with zero attached hydrogens (tertiary/aromatic N) is 3. The van der Waals surface area contributed by atoms with Crippen molar-refractivity contribution < 1.29 is 9.53 Å². The molecule has 1 amide bonds.